The van der Waals surface area contributed by atoms with Crippen LogP contribution < -0.4 is 10.3 Å². The fourth-order valence-corrected chi connectivity index (χ4v) is 5.36. The van der Waals surface area contributed by atoms with Crippen molar-refractivity contribution in [1.82, 2.24) is 19.4 Å². The molecule has 0 saturated carbocycles. The van der Waals surface area contributed by atoms with Crippen molar-refractivity contribution in [2.24, 2.45) is 7.05 Å². The summed E-state index contributed by atoms with van der Waals surface area (Å²) in [7, 11) is 5.42. The van der Waals surface area contributed by atoms with Gasteiger partial charge in [-0.15, -0.1) is 0 Å². The molecule has 2 aromatic heterocycles. The molecule has 1 amide bonds. The molecule has 216 valence electrons. The van der Waals surface area contributed by atoms with Crippen LogP contribution in [-0.2, 0) is 24.6 Å². The Morgan fingerprint density at radius 2 is 1.93 bits per heavy atom. The number of pyridine rings is 2. The van der Waals surface area contributed by atoms with E-state index in [2.05, 4.69) is 22.0 Å². The summed E-state index contributed by atoms with van der Waals surface area (Å²) in [6, 6.07) is 9.01. The molecule has 1 aliphatic rings. The monoisotopic (exact) mass is 577 g/mol. The Labute approximate surface area is 245 Å². The van der Waals surface area contributed by atoms with E-state index in [4.69, 9.17) is 21.1 Å². The van der Waals surface area contributed by atoms with Crippen molar-refractivity contribution >= 4 is 17.5 Å². The van der Waals surface area contributed by atoms with Gasteiger partial charge in [0.25, 0.3) is 11.5 Å². The summed E-state index contributed by atoms with van der Waals surface area (Å²) in [5, 5.41) is 9.78. The first-order valence-electron chi connectivity index (χ1n) is 13.7. The zero-order valence-electron chi connectivity index (χ0n) is 24.2. The number of likely N-dealkylation sites (N-methyl/N-ethyl adjacent to an activating group) is 1. The summed E-state index contributed by atoms with van der Waals surface area (Å²) in [6.07, 6.45) is 4.57. The highest BCUT2D eigenvalue weighted by molar-refractivity contribution is 6.33. The lowest BCUT2D eigenvalue weighted by Crippen LogP contribution is -2.40. The number of carbonyl (C=O) groups excluding carboxylic acids is 1. The van der Waals surface area contributed by atoms with Crippen LogP contribution in [0, 0.1) is 11.3 Å². The number of hydrogen-bond donors (Lipinski definition) is 0. The van der Waals surface area contributed by atoms with Gasteiger partial charge in [0.2, 0.25) is 0 Å². The normalized spacial score (nSPS) is 13.7. The minimum atomic E-state index is -0.337. The zero-order valence-corrected chi connectivity index (χ0v) is 25.0. The molecule has 0 spiro atoms. The minimum absolute atomic E-state index is 0.0975. The topological polar surface area (TPSA) is 101 Å². The van der Waals surface area contributed by atoms with E-state index >= 15 is 0 Å². The molecule has 0 N–H and O–H groups in total. The Morgan fingerprint density at radius 1 is 1.17 bits per heavy atom. The number of aryl methyl sites for hydroxylation is 1. The van der Waals surface area contributed by atoms with Gasteiger partial charge in [0.05, 0.1) is 30.0 Å². The number of nitrogens with zero attached hydrogens (tertiary/aromatic N) is 5. The Bertz CT molecular complexity index is 1530. The lowest BCUT2D eigenvalue weighted by atomic mass is 9.87. The van der Waals surface area contributed by atoms with Gasteiger partial charge in [-0.1, -0.05) is 17.7 Å². The van der Waals surface area contributed by atoms with Gasteiger partial charge in [0.15, 0.2) is 0 Å². The largest absolute Gasteiger partial charge is 0.492 e. The molecular formula is C31H36ClN5O4. The standard InChI is InChI=1S/C31H36ClN5O4/c1-6-41-29-16-28(34-18-22(29)17-33)20(2)37-10-8-23-24(26-19-36(4)30(38)15-27(26)32)13-21(14-25(23)31(37)39)7-9-35(3)11-12-40-5/h13-16,18-20H,6-12H2,1-5H3. The van der Waals surface area contributed by atoms with E-state index in [1.54, 1.807) is 26.4 Å². The van der Waals surface area contributed by atoms with Crippen LogP contribution >= 0.6 is 11.6 Å². The molecule has 0 aliphatic carbocycles. The van der Waals surface area contributed by atoms with Gasteiger partial charge in [-0.3, -0.25) is 14.6 Å². The number of aromatic nitrogens is 2. The van der Waals surface area contributed by atoms with Gasteiger partial charge >= 0.3 is 0 Å². The number of nitriles is 1. The first-order valence-corrected chi connectivity index (χ1v) is 14.1. The summed E-state index contributed by atoms with van der Waals surface area (Å²) in [5.41, 5.74) is 4.96. The third-order valence-corrected chi connectivity index (χ3v) is 7.85. The summed E-state index contributed by atoms with van der Waals surface area (Å²) < 4.78 is 12.4. The number of amides is 1. The number of ether oxygens (including phenoxy) is 2. The molecule has 10 heteroatoms. The van der Waals surface area contributed by atoms with Crippen LogP contribution in [-0.4, -0.2) is 72.3 Å². The van der Waals surface area contributed by atoms with Crippen molar-refractivity contribution in [2.75, 3.05) is 47.0 Å². The van der Waals surface area contributed by atoms with E-state index in [-0.39, 0.29) is 17.5 Å². The van der Waals surface area contributed by atoms with Crippen LogP contribution in [0.4, 0.5) is 0 Å². The molecular weight excluding hydrogens is 542 g/mol. The summed E-state index contributed by atoms with van der Waals surface area (Å²) >= 11 is 6.60. The third-order valence-electron chi connectivity index (χ3n) is 7.53. The average molecular weight is 578 g/mol. The molecule has 1 atom stereocenters. The van der Waals surface area contributed by atoms with E-state index in [0.29, 0.717) is 53.8 Å². The molecule has 41 heavy (non-hydrogen) atoms. The second kappa shape index (κ2) is 13.3. The van der Waals surface area contributed by atoms with Gasteiger partial charge in [0, 0.05) is 69.4 Å². The van der Waals surface area contributed by atoms with Crippen LogP contribution in [0.25, 0.3) is 11.1 Å². The highest BCUT2D eigenvalue weighted by Crippen LogP contribution is 2.37. The molecule has 0 saturated heterocycles. The maximum Gasteiger partial charge on any atom is 0.254 e. The quantitative estimate of drug-likeness (QED) is 0.336. The van der Waals surface area contributed by atoms with Crippen molar-refractivity contribution in [3.63, 3.8) is 0 Å². The maximum atomic E-state index is 14.1. The van der Waals surface area contributed by atoms with Crippen molar-refractivity contribution in [3.8, 4) is 22.9 Å². The lowest BCUT2D eigenvalue weighted by molar-refractivity contribution is 0.0669. The molecule has 0 radical (unpaired) electrons. The molecule has 0 bridgehead atoms. The Kier molecular flexibility index (Phi) is 9.81. The second-order valence-electron chi connectivity index (χ2n) is 10.3. The summed E-state index contributed by atoms with van der Waals surface area (Å²) in [5.74, 6) is 0.364. The third kappa shape index (κ3) is 6.62. The van der Waals surface area contributed by atoms with Gasteiger partial charge < -0.3 is 23.8 Å². The van der Waals surface area contributed by atoms with Crippen LogP contribution in [0.5, 0.6) is 5.75 Å². The number of halogens is 1. The van der Waals surface area contributed by atoms with Crippen molar-refractivity contribution in [2.45, 2.75) is 32.7 Å². The van der Waals surface area contributed by atoms with Gasteiger partial charge in [-0.2, -0.15) is 5.26 Å². The van der Waals surface area contributed by atoms with Crippen LogP contribution in [0.1, 0.15) is 52.6 Å². The summed E-state index contributed by atoms with van der Waals surface area (Å²) in [4.78, 5) is 34.8. The molecule has 4 rings (SSSR count). The summed E-state index contributed by atoms with van der Waals surface area (Å²) in [6.45, 7) is 6.91. The van der Waals surface area contributed by atoms with E-state index in [1.165, 1.54) is 16.8 Å². The number of hydrogen-bond acceptors (Lipinski definition) is 7. The van der Waals surface area contributed by atoms with Gasteiger partial charge in [-0.25, -0.2) is 0 Å². The van der Waals surface area contributed by atoms with Crippen molar-refractivity contribution in [1.29, 1.82) is 5.26 Å². The molecule has 1 aliphatic heterocycles. The number of carbonyl (C=O) groups is 1. The minimum Gasteiger partial charge on any atom is -0.492 e. The lowest BCUT2D eigenvalue weighted by Gasteiger charge is -2.35. The fourth-order valence-electron chi connectivity index (χ4n) is 5.12. The van der Waals surface area contributed by atoms with Crippen LogP contribution in [0.2, 0.25) is 5.02 Å². The number of fused-ring (bicyclic) bond motifs is 1. The van der Waals surface area contributed by atoms with Gasteiger partial charge in [0.1, 0.15) is 17.4 Å². The van der Waals surface area contributed by atoms with E-state index in [9.17, 15) is 14.9 Å². The molecule has 3 heterocycles. The number of rotatable bonds is 11. The first kappa shape index (κ1) is 30.3. The fraction of sp³-hybridized carbons (Fsp3) is 0.419. The number of benzene rings is 1. The van der Waals surface area contributed by atoms with E-state index < -0.39 is 0 Å². The Morgan fingerprint density at radius 3 is 2.63 bits per heavy atom. The Hall–Kier alpha value is -3.71. The van der Waals surface area contributed by atoms with E-state index in [1.807, 2.05) is 31.9 Å². The average Bonchev–Trinajstić information content (AvgIpc) is 2.96. The van der Waals surface area contributed by atoms with Crippen LogP contribution in [0.3, 0.4) is 0 Å². The smallest absolute Gasteiger partial charge is 0.254 e. The zero-order chi connectivity index (χ0) is 29.7. The molecule has 3 aromatic rings. The highest BCUT2D eigenvalue weighted by atomic mass is 35.5. The van der Waals surface area contributed by atoms with Crippen molar-refractivity contribution in [3.05, 3.63) is 80.0 Å². The molecule has 9 nitrogen and oxygen atoms in total. The van der Waals surface area contributed by atoms with Gasteiger partial charge in [-0.05, 0) is 56.5 Å². The Balaban J connectivity index is 1.74. The predicted molar refractivity (Wildman–Crippen MR) is 158 cm³/mol. The van der Waals surface area contributed by atoms with Crippen molar-refractivity contribution < 1.29 is 14.3 Å². The maximum absolute atomic E-state index is 14.1. The van der Waals surface area contributed by atoms with E-state index in [0.717, 1.165) is 41.8 Å². The molecule has 1 aromatic carbocycles. The molecule has 1 unspecified atom stereocenters. The predicted octanol–water partition coefficient (Wildman–Crippen LogP) is 4.25. The molecule has 0 fully saturated rings. The highest BCUT2D eigenvalue weighted by Gasteiger charge is 2.32. The SMILES string of the molecule is CCOc1cc(C(C)N2CCc3c(cc(CCN(C)CCOC)cc3-c3cn(C)c(=O)cc3Cl)C2=O)ncc1C#N. The first-order chi connectivity index (χ1) is 19.7. The van der Waals surface area contributed by atoms with Crippen LogP contribution in [0.15, 0.2) is 41.5 Å². The number of methoxy groups -OCH3 is 1. The second-order valence-corrected chi connectivity index (χ2v) is 10.7.